The lowest BCUT2D eigenvalue weighted by atomic mass is 9.97. The number of hydrogen-bond donors (Lipinski definition) is 1. The molecular formula is C20H27N3O2S. The molecular weight excluding hydrogens is 346 g/mol. The molecule has 1 aliphatic heterocycles. The molecule has 3 heterocycles. The van der Waals surface area contributed by atoms with Gasteiger partial charge < -0.3 is 15.0 Å². The Morgan fingerprint density at radius 1 is 1.38 bits per heavy atom. The number of nitrogens with one attached hydrogen (secondary N) is 1. The zero-order valence-electron chi connectivity index (χ0n) is 15.8. The van der Waals surface area contributed by atoms with Crippen LogP contribution in [0.1, 0.15) is 49.7 Å². The molecule has 3 unspecified atom stereocenters. The molecule has 0 spiro atoms. The van der Waals surface area contributed by atoms with Gasteiger partial charge in [-0.2, -0.15) is 11.3 Å². The van der Waals surface area contributed by atoms with Crippen LogP contribution < -0.4 is 5.32 Å². The van der Waals surface area contributed by atoms with Crippen molar-refractivity contribution in [3.8, 4) is 0 Å². The molecule has 1 aliphatic rings. The molecule has 6 heteroatoms. The molecule has 3 rings (SSSR count). The quantitative estimate of drug-likeness (QED) is 0.868. The molecule has 3 atom stereocenters. The van der Waals surface area contributed by atoms with Gasteiger partial charge in [0.1, 0.15) is 6.10 Å². The lowest BCUT2D eigenvalue weighted by Crippen LogP contribution is -2.51. The van der Waals surface area contributed by atoms with E-state index < -0.39 is 0 Å². The van der Waals surface area contributed by atoms with Crippen molar-refractivity contribution in [3.05, 3.63) is 52.0 Å². The number of aryl methyl sites for hydroxylation is 1. The third kappa shape index (κ3) is 4.24. The Morgan fingerprint density at radius 3 is 2.85 bits per heavy atom. The first-order valence-electron chi connectivity index (χ1n) is 9.10. The molecule has 1 saturated heterocycles. The number of aromatic nitrogens is 1. The summed E-state index contributed by atoms with van der Waals surface area (Å²) in [6, 6.07) is 5.86. The number of thiophene rings is 1. The summed E-state index contributed by atoms with van der Waals surface area (Å²) >= 11 is 1.65. The fourth-order valence-electron chi connectivity index (χ4n) is 3.36. The predicted octanol–water partition coefficient (Wildman–Crippen LogP) is 4.32. The van der Waals surface area contributed by atoms with Crippen LogP contribution in [0.2, 0.25) is 0 Å². The van der Waals surface area contributed by atoms with Crippen molar-refractivity contribution in [1.82, 2.24) is 15.2 Å². The molecule has 0 radical (unpaired) electrons. The number of morpholine rings is 1. The molecule has 0 aromatic carbocycles. The maximum absolute atomic E-state index is 13.0. The SMILES string of the molecule is Cc1cccnc1C(NC(=O)N1CC(C)OC(c2ccsc2)C1)C(C)C. The van der Waals surface area contributed by atoms with Crippen molar-refractivity contribution in [3.63, 3.8) is 0 Å². The van der Waals surface area contributed by atoms with Gasteiger partial charge in [-0.15, -0.1) is 0 Å². The van der Waals surface area contributed by atoms with Crippen LogP contribution in [0.4, 0.5) is 4.79 Å². The van der Waals surface area contributed by atoms with Crippen LogP contribution in [0.25, 0.3) is 0 Å². The predicted molar refractivity (Wildman–Crippen MR) is 104 cm³/mol. The van der Waals surface area contributed by atoms with Crippen molar-refractivity contribution in [2.45, 2.75) is 45.9 Å². The third-order valence-electron chi connectivity index (χ3n) is 4.75. The van der Waals surface area contributed by atoms with Gasteiger partial charge in [-0.1, -0.05) is 19.9 Å². The largest absolute Gasteiger partial charge is 0.367 e. The van der Waals surface area contributed by atoms with E-state index in [0.29, 0.717) is 13.1 Å². The second kappa shape index (κ2) is 8.18. The highest BCUT2D eigenvalue weighted by molar-refractivity contribution is 7.07. The summed E-state index contributed by atoms with van der Waals surface area (Å²) in [4.78, 5) is 19.4. The van der Waals surface area contributed by atoms with Crippen LogP contribution in [-0.4, -0.2) is 35.1 Å². The minimum Gasteiger partial charge on any atom is -0.367 e. The van der Waals surface area contributed by atoms with Crippen LogP contribution in [0.3, 0.4) is 0 Å². The van der Waals surface area contributed by atoms with E-state index in [9.17, 15) is 4.79 Å². The number of pyridine rings is 1. The number of rotatable bonds is 4. The lowest BCUT2D eigenvalue weighted by molar-refractivity contribution is -0.0658. The van der Waals surface area contributed by atoms with Gasteiger partial charge in [-0.05, 0) is 53.8 Å². The van der Waals surface area contributed by atoms with Gasteiger partial charge in [0.05, 0.1) is 24.4 Å². The normalized spacial score (nSPS) is 21.7. The van der Waals surface area contributed by atoms with Crippen molar-refractivity contribution in [2.24, 2.45) is 5.92 Å². The van der Waals surface area contributed by atoms with Crippen molar-refractivity contribution in [1.29, 1.82) is 0 Å². The Hall–Kier alpha value is -1.92. The van der Waals surface area contributed by atoms with E-state index >= 15 is 0 Å². The second-order valence-corrected chi connectivity index (χ2v) is 8.05. The molecule has 2 aromatic heterocycles. The van der Waals surface area contributed by atoms with Crippen molar-refractivity contribution < 1.29 is 9.53 Å². The molecule has 2 aromatic rings. The second-order valence-electron chi connectivity index (χ2n) is 7.27. The summed E-state index contributed by atoms with van der Waals surface area (Å²) in [5.74, 6) is 0.249. The van der Waals surface area contributed by atoms with Gasteiger partial charge in [0, 0.05) is 12.7 Å². The molecule has 5 nitrogen and oxygen atoms in total. The number of nitrogens with zero attached hydrogens (tertiary/aromatic N) is 2. The smallest absolute Gasteiger partial charge is 0.318 e. The summed E-state index contributed by atoms with van der Waals surface area (Å²) in [6.07, 6.45) is 1.73. The Labute approximate surface area is 159 Å². The number of amides is 2. The first kappa shape index (κ1) is 18.9. The maximum atomic E-state index is 13.0. The zero-order chi connectivity index (χ0) is 18.7. The molecule has 26 heavy (non-hydrogen) atoms. The highest BCUT2D eigenvalue weighted by Crippen LogP contribution is 2.28. The molecule has 0 saturated carbocycles. The van der Waals surface area contributed by atoms with E-state index in [1.165, 1.54) is 0 Å². The average molecular weight is 374 g/mol. The van der Waals surface area contributed by atoms with E-state index in [0.717, 1.165) is 16.8 Å². The summed E-state index contributed by atoms with van der Waals surface area (Å²) in [7, 11) is 0. The zero-order valence-corrected chi connectivity index (χ0v) is 16.6. The summed E-state index contributed by atoms with van der Waals surface area (Å²) < 4.78 is 6.04. The monoisotopic (exact) mass is 373 g/mol. The maximum Gasteiger partial charge on any atom is 0.318 e. The number of carbonyl (C=O) groups excluding carboxylic acids is 1. The van der Waals surface area contributed by atoms with Crippen LogP contribution in [0.5, 0.6) is 0 Å². The summed E-state index contributed by atoms with van der Waals surface area (Å²) in [5, 5.41) is 7.33. The Balaban J connectivity index is 1.74. The number of hydrogen-bond acceptors (Lipinski definition) is 4. The Morgan fingerprint density at radius 2 is 2.19 bits per heavy atom. The third-order valence-corrected chi connectivity index (χ3v) is 5.45. The molecule has 140 valence electrons. The molecule has 1 fully saturated rings. The van der Waals surface area contributed by atoms with Crippen molar-refractivity contribution >= 4 is 17.4 Å². The molecule has 2 amide bonds. The number of urea groups is 1. The minimum absolute atomic E-state index is 0.00786. The van der Waals surface area contributed by atoms with Gasteiger partial charge in [-0.3, -0.25) is 4.98 Å². The first-order valence-corrected chi connectivity index (χ1v) is 10.0. The summed E-state index contributed by atoms with van der Waals surface area (Å²) in [6.45, 7) is 9.43. The van der Waals surface area contributed by atoms with Crippen LogP contribution in [0.15, 0.2) is 35.2 Å². The van der Waals surface area contributed by atoms with Gasteiger partial charge >= 0.3 is 6.03 Å². The van der Waals surface area contributed by atoms with Gasteiger partial charge in [-0.25, -0.2) is 4.79 Å². The van der Waals surface area contributed by atoms with E-state index in [2.05, 4.69) is 35.6 Å². The van der Waals surface area contributed by atoms with Gasteiger partial charge in [0.25, 0.3) is 0 Å². The van der Waals surface area contributed by atoms with E-state index in [1.807, 2.05) is 36.3 Å². The Kier molecular flexibility index (Phi) is 5.94. The first-order chi connectivity index (χ1) is 12.5. The van der Waals surface area contributed by atoms with Crippen LogP contribution >= 0.6 is 11.3 Å². The highest BCUT2D eigenvalue weighted by atomic mass is 32.1. The van der Waals surface area contributed by atoms with Gasteiger partial charge in [0.15, 0.2) is 0 Å². The highest BCUT2D eigenvalue weighted by Gasteiger charge is 2.31. The van der Waals surface area contributed by atoms with E-state index in [-0.39, 0.29) is 30.2 Å². The van der Waals surface area contributed by atoms with E-state index in [4.69, 9.17) is 4.74 Å². The molecule has 0 bridgehead atoms. The average Bonchev–Trinajstić information content (AvgIpc) is 3.14. The topological polar surface area (TPSA) is 54.5 Å². The molecule has 1 N–H and O–H groups in total. The standard InChI is InChI=1S/C20H27N3O2S/c1-13(2)18(19-14(3)6-5-8-21-19)22-20(24)23-10-15(4)25-17(11-23)16-7-9-26-12-16/h5-9,12-13,15,17-18H,10-11H2,1-4H3,(H,22,24). The lowest BCUT2D eigenvalue weighted by Gasteiger charge is -2.37. The number of ether oxygens (including phenoxy) is 1. The van der Waals surface area contributed by atoms with Gasteiger partial charge in [0.2, 0.25) is 0 Å². The molecule has 0 aliphatic carbocycles. The fourth-order valence-corrected chi connectivity index (χ4v) is 4.06. The fraction of sp³-hybridized carbons (Fsp3) is 0.500. The van der Waals surface area contributed by atoms with Crippen LogP contribution in [0, 0.1) is 12.8 Å². The number of carbonyl (C=O) groups is 1. The Bertz CT molecular complexity index is 732. The minimum atomic E-state index is -0.110. The van der Waals surface area contributed by atoms with E-state index in [1.54, 1.807) is 17.5 Å². The summed E-state index contributed by atoms with van der Waals surface area (Å²) in [5.41, 5.74) is 3.17. The van der Waals surface area contributed by atoms with Crippen molar-refractivity contribution in [2.75, 3.05) is 13.1 Å². The van der Waals surface area contributed by atoms with Crippen LogP contribution in [-0.2, 0) is 4.74 Å².